The number of aromatic nitrogens is 1. The van der Waals surface area contributed by atoms with E-state index in [1.54, 1.807) is 12.1 Å². The Balaban J connectivity index is 2.10. The van der Waals surface area contributed by atoms with Crippen LogP contribution in [-0.4, -0.2) is 19.7 Å². The second-order valence-electron chi connectivity index (χ2n) is 4.22. The molecule has 106 valence electrons. The summed E-state index contributed by atoms with van der Waals surface area (Å²) in [6, 6.07) is 8.50. The van der Waals surface area contributed by atoms with Crippen LogP contribution in [0.25, 0.3) is 0 Å². The lowest BCUT2D eigenvalue weighted by molar-refractivity contribution is 0.598. The molecular weight excluding hydrogens is 319 g/mol. The van der Waals surface area contributed by atoms with Crippen LogP contribution in [0.1, 0.15) is 5.56 Å². The first-order valence-corrected chi connectivity index (χ1v) is 8.35. The number of nitrogens with zero attached hydrogens (tertiary/aromatic N) is 1. The average molecular weight is 331 g/mol. The fraction of sp³-hybridized carbons (Fsp3) is 0.154. The van der Waals surface area contributed by atoms with Gasteiger partial charge in [-0.15, -0.1) is 0 Å². The van der Waals surface area contributed by atoms with Gasteiger partial charge in [0, 0.05) is 12.8 Å². The summed E-state index contributed by atoms with van der Waals surface area (Å²) < 4.78 is 22.6. The number of benzene rings is 1. The van der Waals surface area contributed by atoms with Crippen molar-refractivity contribution in [1.29, 1.82) is 0 Å². The second-order valence-corrected chi connectivity index (χ2v) is 6.97. The molecule has 0 amide bonds. The molecular formula is C13H12Cl2N2O2S. The van der Waals surface area contributed by atoms with Crippen LogP contribution in [0.5, 0.6) is 0 Å². The molecule has 0 spiro atoms. The quantitative estimate of drug-likeness (QED) is 0.933. The molecule has 0 unspecified atom stereocenters. The highest BCUT2D eigenvalue weighted by Crippen LogP contribution is 2.26. The Kier molecular flexibility index (Phi) is 4.52. The molecule has 1 N–H and O–H groups in total. The van der Waals surface area contributed by atoms with Gasteiger partial charge < -0.3 is 5.32 Å². The van der Waals surface area contributed by atoms with E-state index in [1.165, 1.54) is 12.3 Å². The molecule has 0 fully saturated rings. The molecule has 2 aromatic rings. The van der Waals surface area contributed by atoms with Gasteiger partial charge in [0.25, 0.3) is 0 Å². The summed E-state index contributed by atoms with van der Waals surface area (Å²) in [7, 11) is -3.28. The van der Waals surface area contributed by atoms with Crippen LogP contribution in [0.15, 0.2) is 41.6 Å². The third-order valence-electron chi connectivity index (χ3n) is 2.63. The topological polar surface area (TPSA) is 59.1 Å². The number of halogens is 2. The molecule has 4 nitrogen and oxygen atoms in total. The molecule has 0 aliphatic rings. The second kappa shape index (κ2) is 5.99. The summed E-state index contributed by atoms with van der Waals surface area (Å²) in [6.45, 7) is 0.472. The highest BCUT2D eigenvalue weighted by Gasteiger charge is 2.08. The number of anilines is 1. The van der Waals surface area contributed by atoms with E-state index >= 15 is 0 Å². The summed E-state index contributed by atoms with van der Waals surface area (Å²) in [5, 5.41) is 4.15. The minimum atomic E-state index is -3.28. The molecule has 0 atom stereocenters. The summed E-state index contributed by atoms with van der Waals surface area (Å²) in [6.07, 6.45) is 2.59. The Morgan fingerprint density at radius 3 is 2.55 bits per heavy atom. The molecule has 0 bridgehead atoms. The number of rotatable bonds is 4. The lowest BCUT2D eigenvalue weighted by atomic mass is 10.2. The van der Waals surface area contributed by atoms with Crippen molar-refractivity contribution >= 4 is 38.7 Å². The van der Waals surface area contributed by atoms with Crippen LogP contribution in [-0.2, 0) is 16.4 Å². The third kappa shape index (κ3) is 3.62. The van der Waals surface area contributed by atoms with Crippen molar-refractivity contribution in [3.63, 3.8) is 0 Å². The predicted molar refractivity (Wildman–Crippen MR) is 81.1 cm³/mol. The number of sulfone groups is 1. The fourth-order valence-electron chi connectivity index (χ4n) is 1.59. The van der Waals surface area contributed by atoms with E-state index in [9.17, 15) is 8.42 Å². The Morgan fingerprint density at radius 1 is 1.20 bits per heavy atom. The van der Waals surface area contributed by atoms with Gasteiger partial charge in [-0.2, -0.15) is 0 Å². The maximum absolute atomic E-state index is 11.3. The highest BCUT2D eigenvalue weighted by molar-refractivity contribution is 7.90. The van der Waals surface area contributed by atoms with Gasteiger partial charge in [0.15, 0.2) is 14.9 Å². The van der Waals surface area contributed by atoms with Crippen molar-refractivity contribution in [3.8, 4) is 0 Å². The first kappa shape index (κ1) is 15.1. The minimum Gasteiger partial charge on any atom is -0.380 e. The van der Waals surface area contributed by atoms with Crippen molar-refractivity contribution in [2.45, 2.75) is 11.6 Å². The molecule has 20 heavy (non-hydrogen) atoms. The Bertz CT molecular complexity index is 716. The number of hydrogen-bond donors (Lipinski definition) is 1. The summed E-state index contributed by atoms with van der Waals surface area (Å²) in [5.74, 6) is 0. The van der Waals surface area contributed by atoms with E-state index in [0.29, 0.717) is 22.3 Å². The molecule has 0 radical (unpaired) electrons. The molecule has 7 heteroatoms. The van der Waals surface area contributed by atoms with Crippen LogP contribution in [0.4, 0.5) is 5.69 Å². The number of pyridine rings is 1. The van der Waals surface area contributed by atoms with Crippen LogP contribution in [0, 0.1) is 0 Å². The van der Waals surface area contributed by atoms with Crippen molar-refractivity contribution in [2.24, 2.45) is 0 Å². The highest BCUT2D eigenvalue weighted by atomic mass is 35.5. The molecule has 1 aromatic carbocycles. The first-order valence-electron chi connectivity index (χ1n) is 5.71. The maximum Gasteiger partial charge on any atom is 0.192 e. The molecule has 0 aliphatic heterocycles. The number of hydrogen-bond acceptors (Lipinski definition) is 4. The Hall–Kier alpha value is -1.30. The van der Waals surface area contributed by atoms with E-state index in [2.05, 4.69) is 10.3 Å². The lowest BCUT2D eigenvalue weighted by Crippen LogP contribution is -2.03. The largest absolute Gasteiger partial charge is 0.380 e. The number of nitrogens with one attached hydrogen (secondary N) is 1. The van der Waals surface area contributed by atoms with Crippen molar-refractivity contribution in [3.05, 3.63) is 52.1 Å². The first-order chi connectivity index (χ1) is 9.38. The van der Waals surface area contributed by atoms with Crippen LogP contribution < -0.4 is 5.32 Å². The predicted octanol–water partition coefficient (Wildman–Crippen LogP) is 3.40. The van der Waals surface area contributed by atoms with Crippen molar-refractivity contribution < 1.29 is 8.42 Å². The van der Waals surface area contributed by atoms with E-state index in [1.807, 2.05) is 12.1 Å². The zero-order valence-corrected chi connectivity index (χ0v) is 12.9. The third-order valence-corrected chi connectivity index (χ3v) is 4.49. The minimum absolute atomic E-state index is 0.0452. The van der Waals surface area contributed by atoms with Gasteiger partial charge in [0.2, 0.25) is 0 Å². The average Bonchev–Trinajstić information content (AvgIpc) is 2.40. The summed E-state index contributed by atoms with van der Waals surface area (Å²) >= 11 is 12.0. The SMILES string of the molecule is CS(=O)(=O)c1ccc(NCc2cccc(Cl)c2Cl)cn1. The Labute approximate surface area is 127 Å². The monoisotopic (exact) mass is 330 g/mol. The van der Waals surface area contributed by atoms with Gasteiger partial charge in [0.1, 0.15) is 0 Å². The van der Waals surface area contributed by atoms with E-state index in [4.69, 9.17) is 23.2 Å². The zero-order chi connectivity index (χ0) is 14.8. The van der Waals surface area contributed by atoms with E-state index in [0.717, 1.165) is 11.8 Å². The lowest BCUT2D eigenvalue weighted by Gasteiger charge is -2.09. The van der Waals surface area contributed by atoms with Gasteiger partial charge in [-0.1, -0.05) is 35.3 Å². The van der Waals surface area contributed by atoms with Crippen LogP contribution in [0.3, 0.4) is 0 Å². The van der Waals surface area contributed by atoms with Crippen molar-refractivity contribution in [1.82, 2.24) is 4.98 Å². The molecule has 0 saturated carbocycles. The normalized spacial score (nSPS) is 11.3. The van der Waals surface area contributed by atoms with Gasteiger partial charge in [-0.3, -0.25) is 0 Å². The van der Waals surface area contributed by atoms with Crippen molar-refractivity contribution in [2.75, 3.05) is 11.6 Å². The van der Waals surface area contributed by atoms with Gasteiger partial charge in [0.05, 0.1) is 21.9 Å². The smallest absolute Gasteiger partial charge is 0.192 e. The van der Waals surface area contributed by atoms with E-state index < -0.39 is 9.84 Å². The summed E-state index contributed by atoms with van der Waals surface area (Å²) in [4.78, 5) is 3.89. The van der Waals surface area contributed by atoms with Crippen LogP contribution >= 0.6 is 23.2 Å². The standard InChI is InChI=1S/C13H12Cl2N2O2S/c1-20(18,19)12-6-5-10(8-17-12)16-7-9-3-2-4-11(14)13(9)15/h2-6,8,16H,7H2,1H3. The molecule has 1 aromatic heterocycles. The van der Waals surface area contributed by atoms with Crippen LogP contribution in [0.2, 0.25) is 10.0 Å². The zero-order valence-electron chi connectivity index (χ0n) is 10.6. The van der Waals surface area contributed by atoms with E-state index in [-0.39, 0.29) is 5.03 Å². The Morgan fingerprint density at radius 2 is 1.95 bits per heavy atom. The molecule has 0 aliphatic carbocycles. The molecule has 0 saturated heterocycles. The van der Waals surface area contributed by atoms with Gasteiger partial charge >= 0.3 is 0 Å². The van der Waals surface area contributed by atoms with Gasteiger partial charge in [-0.25, -0.2) is 13.4 Å². The maximum atomic E-state index is 11.3. The molecule has 1 heterocycles. The van der Waals surface area contributed by atoms with Gasteiger partial charge in [-0.05, 0) is 23.8 Å². The fourth-order valence-corrected chi connectivity index (χ4v) is 2.53. The summed E-state index contributed by atoms with van der Waals surface area (Å²) in [5.41, 5.74) is 1.56. The molecule has 2 rings (SSSR count).